The van der Waals surface area contributed by atoms with Gasteiger partial charge < -0.3 is 9.80 Å². The van der Waals surface area contributed by atoms with Gasteiger partial charge in [-0.3, -0.25) is 14.7 Å². The maximum Gasteiger partial charge on any atom is 0.227 e. The smallest absolute Gasteiger partial charge is 0.227 e. The number of carbonyl (C=O) groups is 1. The second-order valence-electron chi connectivity index (χ2n) is 8.73. The molecule has 2 aliphatic rings. The first-order valence-corrected chi connectivity index (χ1v) is 12.3. The largest absolute Gasteiger partial charge is 0.355 e. The molecule has 2 fully saturated rings. The summed E-state index contributed by atoms with van der Waals surface area (Å²) in [5.41, 5.74) is 0.921. The molecule has 0 saturated carbocycles. The highest BCUT2D eigenvalue weighted by molar-refractivity contribution is 7.15. The number of anilines is 1. The molecule has 2 aliphatic heterocycles. The molecule has 0 radical (unpaired) electrons. The van der Waals surface area contributed by atoms with Gasteiger partial charge in [-0.25, -0.2) is 9.37 Å². The van der Waals surface area contributed by atoms with E-state index in [0.29, 0.717) is 0 Å². The Kier molecular flexibility index (Phi) is 6.64. The van der Waals surface area contributed by atoms with Gasteiger partial charge in [-0.05, 0) is 42.7 Å². The quantitative estimate of drug-likeness (QED) is 0.572. The molecular formula is C25H28FN5OS. The maximum atomic E-state index is 13.5. The number of nitrogens with zero attached hydrogens (tertiary/aromatic N) is 5. The van der Waals surface area contributed by atoms with Crippen LogP contribution in [0.3, 0.4) is 0 Å². The van der Waals surface area contributed by atoms with Crippen molar-refractivity contribution in [3.8, 4) is 10.4 Å². The summed E-state index contributed by atoms with van der Waals surface area (Å²) >= 11 is 1.71. The number of rotatable bonds is 5. The van der Waals surface area contributed by atoms with Gasteiger partial charge in [-0.15, -0.1) is 11.3 Å². The van der Waals surface area contributed by atoms with Crippen molar-refractivity contribution in [2.24, 2.45) is 5.92 Å². The standard InChI is InChI=1S/C25H28FN5OS/c26-21-5-1-3-19(15-21)23-7-6-22(33-23)18-29-11-13-30(14-12-29)25(32)20-4-2-10-31(17-20)24-16-27-8-9-28-24/h1,3,5-9,15-16,20H,2,4,10-14,17-18H2/t20-/m1/s1. The van der Waals surface area contributed by atoms with Crippen LogP contribution in [0.5, 0.6) is 0 Å². The first-order chi connectivity index (χ1) is 16.2. The van der Waals surface area contributed by atoms with E-state index in [2.05, 4.69) is 31.9 Å². The molecular weight excluding hydrogens is 437 g/mol. The number of piperazine rings is 1. The molecule has 3 aromatic rings. The summed E-state index contributed by atoms with van der Waals surface area (Å²) in [5, 5.41) is 0. The van der Waals surface area contributed by atoms with Crippen molar-refractivity contribution < 1.29 is 9.18 Å². The molecule has 0 aliphatic carbocycles. The van der Waals surface area contributed by atoms with Crippen LogP contribution in [0.1, 0.15) is 17.7 Å². The first kappa shape index (κ1) is 22.0. The molecule has 2 saturated heterocycles. The van der Waals surface area contributed by atoms with E-state index in [0.717, 1.165) is 74.9 Å². The second-order valence-corrected chi connectivity index (χ2v) is 9.89. The van der Waals surface area contributed by atoms with Crippen molar-refractivity contribution in [1.82, 2.24) is 19.8 Å². The predicted octanol–water partition coefficient (Wildman–Crippen LogP) is 3.91. The van der Waals surface area contributed by atoms with Crippen LogP contribution in [0.25, 0.3) is 10.4 Å². The Bertz CT molecular complexity index is 1080. The number of aromatic nitrogens is 2. The third-order valence-corrected chi connectivity index (χ3v) is 7.60. The monoisotopic (exact) mass is 465 g/mol. The summed E-state index contributed by atoms with van der Waals surface area (Å²) in [4.78, 5) is 30.7. The fraction of sp³-hybridized carbons (Fsp3) is 0.400. The van der Waals surface area contributed by atoms with Crippen molar-refractivity contribution in [3.05, 3.63) is 65.7 Å². The highest BCUT2D eigenvalue weighted by Gasteiger charge is 2.31. The van der Waals surface area contributed by atoms with E-state index < -0.39 is 0 Å². The van der Waals surface area contributed by atoms with E-state index >= 15 is 0 Å². The molecule has 1 amide bonds. The van der Waals surface area contributed by atoms with Crippen molar-refractivity contribution in [2.75, 3.05) is 44.2 Å². The van der Waals surface area contributed by atoms with Gasteiger partial charge in [-0.1, -0.05) is 12.1 Å². The van der Waals surface area contributed by atoms with Crippen LogP contribution in [-0.2, 0) is 11.3 Å². The van der Waals surface area contributed by atoms with Gasteiger partial charge in [0, 0.05) is 68.0 Å². The van der Waals surface area contributed by atoms with Gasteiger partial charge >= 0.3 is 0 Å². The van der Waals surface area contributed by atoms with E-state index in [4.69, 9.17) is 0 Å². The van der Waals surface area contributed by atoms with Gasteiger partial charge in [-0.2, -0.15) is 0 Å². The summed E-state index contributed by atoms with van der Waals surface area (Å²) in [7, 11) is 0. The summed E-state index contributed by atoms with van der Waals surface area (Å²) in [6.45, 7) is 5.79. The SMILES string of the molecule is O=C([C@@H]1CCCN(c2cnccn2)C1)N1CCN(Cc2ccc(-c3cccc(F)c3)s2)CC1. The van der Waals surface area contributed by atoms with Gasteiger partial charge in [0.15, 0.2) is 0 Å². The average Bonchev–Trinajstić information content (AvgIpc) is 3.33. The number of carbonyl (C=O) groups excluding carboxylic acids is 1. The van der Waals surface area contributed by atoms with E-state index in [1.165, 1.54) is 10.9 Å². The summed E-state index contributed by atoms with van der Waals surface area (Å²) < 4.78 is 13.5. The van der Waals surface area contributed by atoms with Gasteiger partial charge in [0.2, 0.25) is 5.91 Å². The van der Waals surface area contributed by atoms with Crippen LogP contribution < -0.4 is 4.90 Å². The molecule has 0 N–H and O–H groups in total. The molecule has 33 heavy (non-hydrogen) atoms. The van der Waals surface area contributed by atoms with Crippen LogP contribution in [-0.4, -0.2) is 64.9 Å². The van der Waals surface area contributed by atoms with Gasteiger partial charge in [0.05, 0.1) is 12.1 Å². The molecule has 0 bridgehead atoms. The lowest BCUT2D eigenvalue weighted by Gasteiger charge is -2.39. The zero-order valence-corrected chi connectivity index (χ0v) is 19.4. The number of halogens is 1. The van der Waals surface area contributed by atoms with E-state index in [1.807, 2.05) is 11.0 Å². The fourth-order valence-corrected chi connectivity index (χ4v) is 5.75. The lowest BCUT2D eigenvalue weighted by Crippen LogP contribution is -2.52. The summed E-state index contributed by atoms with van der Waals surface area (Å²) in [6.07, 6.45) is 7.09. The van der Waals surface area contributed by atoms with E-state index in [9.17, 15) is 9.18 Å². The van der Waals surface area contributed by atoms with Crippen LogP contribution in [0, 0.1) is 11.7 Å². The Hall–Kier alpha value is -2.84. The van der Waals surface area contributed by atoms with Crippen molar-refractivity contribution >= 4 is 23.1 Å². The molecule has 4 heterocycles. The minimum Gasteiger partial charge on any atom is -0.355 e. The molecule has 172 valence electrons. The van der Waals surface area contributed by atoms with Crippen molar-refractivity contribution in [2.45, 2.75) is 19.4 Å². The Morgan fingerprint density at radius 3 is 2.76 bits per heavy atom. The van der Waals surface area contributed by atoms with Crippen LogP contribution in [0.2, 0.25) is 0 Å². The Morgan fingerprint density at radius 1 is 1.09 bits per heavy atom. The molecule has 8 heteroatoms. The first-order valence-electron chi connectivity index (χ1n) is 11.5. The normalized spacial score (nSPS) is 19.6. The third-order valence-electron chi connectivity index (χ3n) is 6.48. The molecule has 1 atom stereocenters. The van der Waals surface area contributed by atoms with Crippen molar-refractivity contribution in [3.63, 3.8) is 0 Å². The number of hydrogen-bond donors (Lipinski definition) is 0. The highest BCUT2D eigenvalue weighted by Crippen LogP contribution is 2.29. The zero-order valence-electron chi connectivity index (χ0n) is 18.6. The van der Waals surface area contributed by atoms with Gasteiger partial charge in [0.1, 0.15) is 11.6 Å². The van der Waals surface area contributed by atoms with Crippen LogP contribution >= 0.6 is 11.3 Å². The lowest BCUT2D eigenvalue weighted by molar-refractivity contribution is -0.137. The predicted molar refractivity (Wildman–Crippen MR) is 129 cm³/mol. The number of piperidine rings is 1. The number of thiophene rings is 1. The minimum absolute atomic E-state index is 0.0263. The molecule has 2 aromatic heterocycles. The topological polar surface area (TPSA) is 52.6 Å². The van der Waals surface area contributed by atoms with Crippen molar-refractivity contribution in [1.29, 1.82) is 0 Å². The van der Waals surface area contributed by atoms with Gasteiger partial charge in [0.25, 0.3) is 0 Å². The molecule has 0 spiro atoms. The number of hydrogen-bond acceptors (Lipinski definition) is 6. The lowest BCUT2D eigenvalue weighted by atomic mass is 9.96. The summed E-state index contributed by atoms with van der Waals surface area (Å²) in [6, 6.07) is 10.9. The average molecular weight is 466 g/mol. The van der Waals surface area contributed by atoms with Crippen LogP contribution in [0.4, 0.5) is 10.2 Å². The molecule has 0 unspecified atom stereocenters. The molecule has 1 aromatic carbocycles. The third kappa shape index (κ3) is 5.23. The fourth-order valence-electron chi connectivity index (χ4n) is 4.71. The number of benzene rings is 1. The Morgan fingerprint density at radius 2 is 1.97 bits per heavy atom. The minimum atomic E-state index is -0.207. The van der Waals surface area contributed by atoms with Crippen LogP contribution in [0.15, 0.2) is 55.0 Å². The molecule has 6 nitrogen and oxygen atoms in total. The maximum absolute atomic E-state index is 13.5. The highest BCUT2D eigenvalue weighted by atomic mass is 32.1. The summed E-state index contributed by atoms with van der Waals surface area (Å²) in [5.74, 6) is 0.945. The number of amides is 1. The Balaban J connectivity index is 1.13. The second kappa shape index (κ2) is 9.97. The van der Waals surface area contributed by atoms with E-state index in [1.54, 1.807) is 42.1 Å². The Labute approximate surface area is 197 Å². The van der Waals surface area contributed by atoms with E-state index in [-0.39, 0.29) is 17.6 Å². The molecule has 5 rings (SSSR count). The zero-order chi connectivity index (χ0) is 22.6.